The van der Waals surface area contributed by atoms with Crippen LogP contribution < -0.4 is 0 Å². The van der Waals surface area contributed by atoms with Crippen LogP contribution in [0.4, 0.5) is 0 Å². The number of carbonyl (C=O) groups is 3. The first-order chi connectivity index (χ1) is 38.5. The Kier molecular flexibility index (Phi) is 65.6. The third-order valence-electron chi connectivity index (χ3n) is 16.2. The molecule has 0 aromatic heterocycles. The third kappa shape index (κ3) is 64.7. The quantitative estimate of drug-likeness (QED) is 0.0261. The maximum absolute atomic E-state index is 12.9. The largest absolute Gasteiger partial charge is 0.462 e. The number of allylic oxidation sites excluding steroid dienone is 4. The van der Waals surface area contributed by atoms with Crippen molar-refractivity contribution in [3.63, 3.8) is 0 Å². The van der Waals surface area contributed by atoms with Crippen LogP contribution in [0.1, 0.15) is 400 Å². The Bertz CT molecular complexity index is 1260. The molecule has 0 aliphatic heterocycles. The molecule has 6 nitrogen and oxygen atoms in total. The van der Waals surface area contributed by atoms with Gasteiger partial charge >= 0.3 is 17.9 Å². The highest BCUT2D eigenvalue weighted by atomic mass is 16.6. The summed E-state index contributed by atoms with van der Waals surface area (Å²) in [7, 11) is 0. The van der Waals surface area contributed by atoms with Crippen LogP contribution in [0.15, 0.2) is 24.3 Å². The summed E-state index contributed by atoms with van der Waals surface area (Å²) in [6.07, 6.45) is 82.1. The van der Waals surface area contributed by atoms with Crippen LogP contribution in [-0.4, -0.2) is 37.2 Å². The molecule has 460 valence electrons. The van der Waals surface area contributed by atoms with Crippen molar-refractivity contribution in [1.82, 2.24) is 0 Å². The summed E-state index contributed by atoms with van der Waals surface area (Å²) in [6, 6.07) is 0. The van der Waals surface area contributed by atoms with E-state index in [0.717, 1.165) is 57.8 Å². The van der Waals surface area contributed by atoms with E-state index in [1.165, 1.54) is 302 Å². The van der Waals surface area contributed by atoms with Crippen LogP contribution in [0.2, 0.25) is 0 Å². The van der Waals surface area contributed by atoms with E-state index in [9.17, 15) is 14.4 Å². The van der Waals surface area contributed by atoms with Gasteiger partial charge < -0.3 is 14.2 Å². The van der Waals surface area contributed by atoms with Gasteiger partial charge in [0.1, 0.15) is 13.2 Å². The number of hydrogen-bond acceptors (Lipinski definition) is 6. The van der Waals surface area contributed by atoms with Gasteiger partial charge in [0.05, 0.1) is 0 Å². The van der Waals surface area contributed by atoms with Gasteiger partial charge in [-0.1, -0.05) is 334 Å². The molecule has 6 heteroatoms. The van der Waals surface area contributed by atoms with E-state index in [1.54, 1.807) is 0 Å². The second-order valence-corrected chi connectivity index (χ2v) is 24.1. The molecule has 1 atom stereocenters. The first kappa shape index (κ1) is 75.9. The first-order valence-corrected chi connectivity index (χ1v) is 35.3. The maximum atomic E-state index is 12.9. The Morgan fingerprint density at radius 2 is 0.423 bits per heavy atom. The zero-order valence-electron chi connectivity index (χ0n) is 53.0. The molecule has 1 unspecified atom stereocenters. The van der Waals surface area contributed by atoms with Crippen LogP contribution in [-0.2, 0) is 28.6 Å². The summed E-state index contributed by atoms with van der Waals surface area (Å²) in [5.74, 6) is -0.840. The molecule has 0 saturated carbocycles. The fourth-order valence-corrected chi connectivity index (χ4v) is 10.8. The fourth-order valence-electron chi connectivity index (χ4n) is 10.8. The Labute approximate surface area is 487 Å². The number of ether oxygens (including phenoxy) is 3. The second-order valence-electron chi connectivity index (χ2n) is 24.1. The molecule has 0 aromatic rings. The molecular weight excluding hydrogens is 961 g/mol. The molecule has 0 bridgehead atoms. The Morgan fingerprint density at radius 3 is 0.641 bits per heavy atom. The van der Waals surface area contributed by atoms with E-state index >= 15 is 0 Å². The van der Waals surface area contributed by atoms with E-state index in [2.05, 4.69) is 45.1 Å². The zero-order valence-corrected chi connectivity index (χ0v) is 53.0. The van der Waals surface area contributed by atoms with Crippen molar-refractivity contribution < 1.29 is 28.6 Å². The predicted octanol–water partition coefficient (Wildman–Crippen LogP) is 24.2. The van der Waals surface area contributed by atoms with Crippen LogP contribution in [0.25, 0.3) is 0 Å². The lowest BCUT2D eigenvalue weighted by molar-refractivity contribution is -0.167. The van der Waals surface area contributed by atoms with Crippen LogP contribution in [0.5, 0.6) is 0 Å². The molecule has 0 radical (unpaired) electrons. The van der Waals surface area contributed by atoms with Crippen molar-refractivity contribution in [2.45, 2.75) is 406 Å². The lowest BCUT2D eigenvalue weighted by atomic mass is 10.0. The number of unbranched alkanes of at least 4 members (excludes halogenated alkanes) is 51. The molecule has 0 saturated heterocycles. The molecule has 0 fully saturated rings. The topological polar surface area (TPSA) is 78.9 Å². The van der Waals surface area contributed by atoms with Crippen LogP contribution >= 0.6 is 0 Å². The Balaban J connectivity index is 4.17. The molecule has 78 heavy (non-hydrogen) atoms. The van der Waals surface area contributed by atoms with Gasteiger partial charge in [0, 0.05) is 19.3 Å². The van der Waals surface area contributed by atoms with Crippen molar-refractivity contribution in [2.75, 3.05) is 13.2 Å². The zero-order chi connectivity index (χ0) is 56.4. The van der Waals surface area contributed by atoms with Gasteiger partial charge in [-0.25, -0.2) is 0 Å². The summed E-state index contributed by atoms with van der Waals surface area (Å²) in [5.41, 5.74) is 0. The minimum atomic E-state index is -0.770. The third-order valence-corrected chi connectivity index (χ3v) is 16.2. The summed E-state index contributed by atoms with van der Waals surface area (Å²) < 4.78 is 17.0. The monoisotopic (exact) mass is 1100 g/mol. The molecular formula is C72H136O6. The van der Waals surface area contributed by atoms with Crippen molar-refractivity contribution in [2.24, 2.45) is 0 Å². The van der Waals surface area contributed by atoms with Gasteiger partial charge in [0.2, 0.25) is 0 Å². The smallest absolute Gasteiger partial charge is 0.306 e. The molecule has 0 aliphatic carbocycles. The van der Waals surface area contributed by atoms with Gasteiger partial charge in [0.25, 0.3) is 0 Å². The number of carbonyl (C=O) groups excluding carboxylic acids is 3. The van der Waals surface area contributed by atoms with E-state index in [4.69, 9.17) is 14.2 Å². The van der Waals surface area contributed by atoms with E-state index < -0.39 is 6.10 Å². The molecule has 0 amide bonds. The SMILES string of the molecule is CCCCCCCC/C=C\CCCCCCCCCC(=O)OC(COC(=O)CCCCCCCCCCCCCCCC)COC(=O)CCCCCCCCCCCCCCCCCCC/C=C\CCCCCCCCCC. The normalized spacial score (nSPS) is 12.1. The number of hydrogen-bond donors (Lipinski definition) is 0. The van der Waals surface area contributed by atoms with E-state index in [1.807, 2.05) is 0 Å². The Hall–Kier alpha value is -2.11. The second kappa shape index (κ2) is 67.4. The van der Waals surface area contributed by atoms with Gasteiger partial charge in [0.15, 0.2) is 6.10 Å². The van der Waals surface area contributed by atoms with Gasteiger partial charge in [-0.05, 0) is 70.6 Å². The Morgan fingerprint density at radius 1 is 0.244 bits per heavy atom. The molecule has 0 rings (SSSR count). The summed E-state index contributed by atoms with van der Waals surface area (Å²) in [5, 5.41) is 0. The van der Waals surface area contributed by atoms with Gasteiger partial charge in [-0.3, -0.25) is 14.4 Å². The standard InChI is InChI=1S/C72H136O6/c1-4-7-10-13-16-19-22-25-28-30-31-32-33-34-35-36-37-38-39-40-41-43-44-47-50-53-56-59-62-65-71(74)77-68-69(67-76-70(73)64-61-58-55-52-49-46-27-24-21-18-15-12-9-6-3)78-72(75)66-63-60-57-54-51-48-45-42-29-26-23-20-17-14-11-8-5-2/h26,29-31,69H,4-25,27-28,32-68H2,1-3H3/b29-26-,31-30-. The maximum Gasteiger partial charge on any atom is 0.306 e. The minimum absolute atomic E-state index is 0.0667. The van der Waals surface area contributed by atoms with Crippen LogP contribution in [0.3, 0.4) is 0 Å². The van der Waals surface area contributed by atoms with Crippen molar-refractivity contribution in [1.29, 1.82) is 0 Å². The number of rotatable bonds is 66. The molecule has 0 heterocycles. The molecule has 0 aromatic carbocycles. The number of esters is 3. The average molecular weight is 1100 g/mol. The first-order valence-electron chi connectivity index (χ1n) is 35.3. The van der Waals surface area contributed by atoms with Crippen LogP contribution in [0, 0.1) is 0 Å². The minimum Gasteiger partial charge on any atom is -0.462 e. The molecule has 0 N–H and O–H groups in total. The summed E-state index contributed by atoms with van der Waals surface area (Å²) in [6.45, 7) is 6.71. The van der Waals surface area contributed by atoms with Gasteiger partial charge in [-0.2, -0.15) is 0 Å². The van der Waals surface area contributed by atoms with Gasteiger partial charge in [-0.15, -0.1) is 0 Å². The van der Waals surface area contributed by atoms with Crippen molar-refractivity contribution in [3.8, 4) is 0 Å². The highest BCUT2D eigenvalue weighted by Crippen LogP contribution is 2.18. The highest BCUT2D eigenvalue weighted by Gasteiger charge is 2.19. The lowest BCUT2D eigenvalue weighted by Crippen LogP contribution is -2.30. The van der Waals surface area contributed by atoms with E-state index in [0.29, 0.717) is 19.3 Å². The summed E-state index contributed by atoms with van der Waals surface area (Å²) in [4.78, 5) is 38.4. The van der Waals surface area contributed by atoms with Crippen molar-refractivity contribution in [3.05, 3.63) is 24.3 Å². The molecule has 0 aliphatic rings. The predicted molar refractivity (Wildman–Crippen MR) is 340 cm³/mol. The fraction of sp³-hybridized carbons (Fsp3) is 0.903. The highest BCUT2D eigenvalue weighted by molar-refractivity contribution is 5.71. The van der Waals surface area contributed by atoms with Crippen molar-refractivity contribution >= 4 is 17.9 Å². The summed E-state index contributed by atoms with van der Waals surface area (Å²) >= 11 is 0. The van der Waals surface area contributed by atoms with E-state index in [-0.39, 0.29) is 31.1 Å². The average Bonchev–Trinajstić information content (AvgIpc) is 3.44. The lowest BCUT2D eigenvalue weighted by Gasteiger charge is -2.18. The molecule has 0 spiro atoms.